The quantitative estimate of drug-likeness (QED) is 0.357. The number of halogens is 4. The molecule has 3 heterocycles. The molecule has 3 aromatic rings. The SMILES string of the molecule is CC(C#N)(NC(=O)C1CCCCC1c1nc(-c2ccc(F)cn2)sc1-c1ccc(N2CCS(=O)(=O)CC2)cc1)C(F)(F)F. The molecule has 1 aliphatic heterocycles. The van der Waals surface area contributed by atoms with E-state index in [0.717, 1.165) is 23.9 Å². The van der Waals surface area contributed by atoms with E-state index in [1.807, 2.05) is 34.5 Å². The van der Waals surface area contributed by atoms with Crippen LogP contribution in [0.3, 0.4) is 0 Å². The molecule has 1 saturated heterocycles. The van der Waals surface area contributed by atoms with Gasteiger partial charge in [-0.05, 0) is 49.6 Å². The highest BCUT2D eigenvalue weighted by atomic mass is 32.2. The lowest BCUT2D eigenvalue weighted by atomic mass is 9.76. The molecule has 1 N–H and O–H groups in total. The van der Waals surface area contributed by atoms with Crippen LogP contribution >= 0.6 is 11.3 Å². The molecular formula is C29H29F4N5O3S2. The largest absolute Gasteiger partial charge is 0.424 e. The number of amides is 1. The van der Waals surface area contributed by atoms with Crippen molar-refractivity contribution in [1.29, 1.82) is 5.26 Å². The second-order valence-electron chi connectivity index (χ2n) is 11.0. The molecule has 3 unspecified atom stereocenters. The molecule has 3 atom stereocenters. The average molecular weight is 636 g/mol. The molecule has 0 spiro atoms. The summed E-state index contributed by atoms with van der Waals surface area (Å²) < 4.78 is 78.2. The number of carbonyl (C=O) groups is 1. The lowest BCUT2D eigenvalue weighted by molar-refractivity contribution is -0.179. The average Bonchev–Trinajstić information content (AvgIpc) is 3.42. The fourth-order valence-electron chi connectivity index (χ4n) is 5.47. The molecule has 2 aromatic heterocycles. The van der Waals surface area contributed by atoms with Crippen LogP contribution in [0.15, 0.2) is 42.6 Å². The number of nitrogens with zero attached hydrogens (tertiary/aromatic N) is 4. The van der Waals surface area contributed by atoms with Crippen molar-refractivity contribution in [2.24, 2.45) is 5.92 Å². The van der Waals surface area contributed by atoms with Crippen LogP contribution in [0.2, 0.25) is 0 Å². The van der Waals surface area contributed by atoms with Crippen LogP contribution in [0.1, 0.15) is 44.2 Å². The molecule has 8 nitrogen and oxygen atoms in total. The summed E-state index contributed by atoms with van der Waals surface area (Å²) in [6.45, 7) is 1.41. The summed E-state index contributed by atoms with van der Waals surface area (Å²) in [7, 11) is -3.04. The van der Waals surface area contributed by atoms with E-state index in [1.54, 1.807) is 0 Å². The van der Waals surface area contributed by atoms with Crippen LogP contribution in [0.5, 0.6) is 0 Å². The Kier molecular flexibility index (Phi) is 8.50. The molecule has 2 aliphatic rings. The molecule has 0 bridgehead atoms. The van der Waals surface area contributed by atoms with Gasteiger partial charge >= 0.3 is 6.18 Å². The van der Waals surface area contributed by atoms with Gasteiger partial charge in [-0.25, -0.2) is 17.8 Å². The Morgan fingerprint density at radius 2 is 1.77 bits per heavy atom. The third-order valence-electron chi connectivity index (χ3n) is 8.06. The zero-order valence-electron chi connectivity index (χ0n) is 23.2. The molecule has 43 heavy (non-hydrogen) atoms. The number of thiazole rings is 1. The van der Waals surface area contributed by atoms with E-state index in [2.05, 4.69) is 4.98 Å². The number of anilines is 1. The molecule has 228 valence electrons. The van der Waals surface area contributed by atoms with Gasteiger partial charge in [0.1, 0.15) is 16.9 Å². The number of hydrogen-bond donors (Lipinski definition) is 1. The number of hydrogen-bond acceptors (Lipinski definition) is 8. The second kappa shape index (κ2) is 11.8. The minimum Gasteiger partial charge on any atom is -0.369 e. The van der Waals surface area contributed by atoms with Gasteiger partial charge in [-0.15, -0.1) is 11.3 Å². The van der Waals surface area contributed by atoms with Crippen molar-refractivity contribution < 1.29 is 30.8 Å². The third kappa shape index (κ3) is 6.52. The molecule has 1 aromatic carbocycles. The lowest BCUT2D eigenvalue weighted by Gasteiger charge is -2.33. The first-order chi connectivity index (χ1) is 20.3. The van der Waals surface area contributed by atoms with Gasteiger partial charge in [0, 0.05) is 30.6 Å². The summed E-state index contributed by atoms with van der Waals surface area (Å²) in [6.07, 6.45) is -1.69. The molecule has 14 heteroatoms. The van der Waals surface area contributed by atoms with E-state index in [1.165, 1.54) is 29.5 Å². The number of pyridine rings is 1. The monoisotopic (exact) mass is 635 g/mol. The highest BCUT2D eigenvalue weighted by Gasteiger charge is 2.54. The first-order valence-electron chi connectivity index (χ1n) is 13.8. The van der Waals surface area contributed by atoms with E-state index in [9.17, 15) is 36.0 Å². The fraction of sp³-hybridized carbons (Fsp3) is 0.448. The van der Waals surface area contributed by atoms with Crippen LogP contribution in [-0.2, 0) is 14.6 Å². The van der Waals surface area contributed by atoms with Gasteiger partial charge in [-0.2, -0.15) is 18.4 Å². The Morgan fingerprint density at radius 1 is 1.09 bits per heavy atom. The van der Waals surface area contributed by atoms with Crippen molar-refractivity contribution in [2.75, 3.05) is 29.5 Å². The van der Waals surface area contributed by atoms with Gasteiger partial charge in [-0.3, -0.25) is 9.78 Å². The molecule has 1 saturated carbocycles. The highest BCUT2D eigenvalue weighted by Crippen LogP contribution is 2.46. The maximum absolute atomic E-state index is 13.6. The van der Waals surface area contributed by atoms with Crippen molar-refractivity contribution in [3.05, 3.63) is 54.1 Å². The van der Waals surface area contributed by atoms with E-state index >= 15 is 0 Å². The number of carbonyl (C=O) groups excluding carboxylic acids is 1. The fourth-order valence-corrected chi connectivity index (χ4v) is 7.79. The van der Waals surface area contributed by atoms with Gasteiger partial charge in [-0.1, -0.05) is 25.0 Å². The number of rotatable bonds is 6. The summed E-state index contributed by atoms with van der Waals surface area (Å²) in [5.74, 6) is -2.61. The van der Waals surface area contributed by atoms with Crippen molar-refractivity contribution in [1.82, 2.24) is 15.3 Å². The zero-order chi connectivity index (χ0) is 31.0. The Hall–Kier alpha value is -3.57. The van der Waals surface area contributed by atoms with Crippen molar-refractivity contribution in [3.63, 3.8) is 0 Å². The van der Waals surface area contributed by atoms with Crippen molar-refractivity contribution >= 4 is 32.8 Å². The number of benzene rings is 1. The van der Waals surface area contributed by atoms with Gasteiger partial charge in [0.25, 0.3) is 0 Å². The van der Waals surface area contributed by atoms with E-state index in [4.69, 9.17) is 4.98 Å². The molecule has 0 radical (unpaired) electrons. The number of nitriles is 1. The number of alkyl halides is 3. The van der Waals surface area contributed by atoms with E-state index < -0.39 is 45.1 Å². The minimum absolute atomic E-state index is 0.0755. The summed E-state index contributed by atoms with van der Waals surface area (Å²) in [5, 5.41) is 11.7. The minimum atomic E-state index is -4.96. The predicted molar refractivity (Wildman–Crippen MR) is 155 cm³/mol. The summed E-state index contributed by atoms with van der Waals surface area (Å²) in [6, 6.07) is 11.4. The maximum atomic E-state index is 13.6. The predicted octanol–water partition coefficient (Wildman–Crippen LogP) is 5.48. The summed E-state index contributed by atoms with van der Waals surface area (Å²) >= 11 is 1.29. The Balaban J connectivity index is 1.51. The Morgan fingerprint density at radius 3 is 2.37 bits per heavy atom. The molecule has 2 fully saturated rings. The van der Waals surface area contributed by atoms with Gasteiger partial charge < -0.3 is 10.2 Å². The Bertz CT molecular complexity index is 1620. The van der Waals surface area contributed by atoms with Gasteiger partial charge in [0.05, 0.1) is 34.0 Å². The van der Waals surface area contributed by atoms with Crippen LogP contribution in [0.25, 0.3) is 21.1 Å². The Labute approximate surface area is 250 Å². The normalized spacial score (nSPS) is 21.9. The topological polar surface area (TPSA) is 116 Å². The van der Waals surface area contributed by atoms with Crippen molar-refractivity contribution in [2.45, 2.75) is 50.2 Å². The molecule has 5 rings (SSSR count). The second-order valence-corrected chi connectivity index (χ2v) is 14.3. The van der Waals surface area contributed by atoms with Crippen LogP contribution in [0.4, 0.5) is 23.2 Å². The van der Waals surface area contributed by atoms with E-state index in [0.29, 0.717) is 60.5 Å². The van der Waals surface area contributed by atoms with Crippen LogP contribution < -0.4 is 10.2 Å². The van der Waals surface area contributed by atoms with Crippen LogP contribution in [0, 0.1) is 23.1 Å². The summed E-state index contributed by atoms with van der Waals surface area (Å²) in [5.41, 5.74) is -0.479. The van der Waals surface area contributed by atoms with Gasteiger partial charge in [0.2, 0.25) is 11.4 Å². The maximum Gasteiger partial charge on any atom is 0.424 e. The first kappa shape index (κ1) is 30.9. The smallest absolute Gasteiger partial charge is 0.369 e. The zero-order valence-corrected chi connectivity index (χ0v) is 24.8. The third-order valence-corrected chi connectivity index (χ3v) is 10.8. The van der Waals surface area contributed by atoms with Gasteiger partial charge in [0.15, 0.2) is 9.84 Å². The van der Waals surface area contributed by atoms with Crippen LogP contribution in [-0.4, -0.2) is 60.6 Å². The molecule has 1 aliphatic carbocycles. The standard InChI is InChI=1S/C29H29F4N5O3S2/c1-28(17-34,29(31,32)33)37-26(39)22-5-3-2-4-21(22)24-25(42-27(36-24)23-11-8-19(30)16-35-23)18-6-9-20(10-7-18)38-12-14-43(40,41)15-13-38/h6-11,16,21-22H,2-5,12-15H2,1H3,(H,37,39). The number of sulfone groups is 1. The number of aromatic nitrogens is 2. The number of nitrogens with one attached hydrogen (secondary N) is 1. The lowest BCUT2D eigenvalue weighted by Crippen LogP contribution is -2.57. The molecular weight excluding hydrogens is 606 g/mol. The van der Waals surface area contributed by atoms with E-state index in [-0.39, 0.29) is 11.5 Å². The first-order valence-corrected chi connectivity index (χ1v) is 16.4. The highest BCUT2D eigenvalue weighted by molar-refractivity contribution is 7.91. The summed E-state index contributed by atoms with van der Waals surface area (Å²) in [4.78, 5) is 25.0. The molecule has 1 amide bonds. The van der Waals surface area contributed by atoms with Crippen molar-refractivity contribution in [3.8, 4) is 27.2 Å².